The Kier molecular flexibility index (Phi) is 5.30. The lowest BCUT2D eigenvalue weighted by Crippen LogP contribution is -2.40. The van der Waals surface area contributed by atoms with Gasteiger partial charge in [-0.3, -0.25) is 4.99 Å². The third-order valence-electron chi connectivity index (χ3n) is 4.92. The van der Waals surface area contributed by atoms with Crippen LogP contribution < -0.4 is 11.1 Å². The number of guanidine groups is 1. The summed E-state index contributed by atoms with van der Waals surface area (Å²) in [6.07, 6.45) is 9.59. The lowest BCUT2D eigenvalue weighted by Gasteiger charge is -2.24. The summed E-state index contributed by atoms with van der Waals surface area (Å²) >= 11 is 0. The lowest BCUT2D eigenvalue weighted by atomic mass is 9.90. The summed E-state index contributed by atoms with van der Waals surface area (Å²) in [5.41, 5.74) is 6.03. The number of hydrogen-bond donors (Lipinski definition) is 3. The maximum absolute atomic E-state index is 10.3. The zero-order valence-corrected chi connectivity index (χ0v) is 13.1. The zero-order chi connectivity index (χ0) is 14.6. The van der Waals surface area contributed by atoms with Gasteiger partial charge in [-0.1, -0.05) is 39.5 Å². The van der Waals surface area contributed by atoms with E-state index in [0.717, 1.165) is 12.8 Å². The van der Waals surface area contributed by atoms with Gasteiger partial charge in [0.1, 0.15) is 0 Å². The average Bonchev–Trinajstić information content (AvgIpc) is 3.21. The fraction of sp³-hybridized carbons (Fsp3) is 0.938. The molecule has 0 amide bonds. The molecule has 1 unspecified atom stereocenters. The first-order valence-corrected chi connectivity index (χ1v) is 8.28. The summed E-state index contributed by atoms with van der Waals surface area (Å²) in [5.74, 6) is 0.864. The van der Waals surface area contributed by atoms with E-state index < -0.39 is 0 Å². The van der Waals surface area contributed by atoms with E-state index in [1.165, 1.54) is 38.5 Å². The van der Waals surface area contributed by atoms with Crippen molar-refractivity contribution in [2.75, 3.05) is 6.54 Å². The number of aliphatic imine (C=N–C) groups is 1. The summed E-state index contributed by atoms with van der Waals surface area (Å²) in [4.78, 5) is 4.51. The molecule has 2 aliphatic rings. The molecule has 2 fully saturated rings. The van der Waals surface area contributed by atoms with Gasteiger partial charge in [0.25, 0.3) is 0 Å². The van der Waals surface area contributed by atoms with E-state index in [2.05, 4.69) is 24.2 Å². The molecule has 1 atom stereocenters. The van der Waals surface area contributed by atoms with E-state index >= 15 is 0 Å². The molecule has 0 radical (unpaired) electrons. The van der Waals surface area contributed by atoms with E-state index in [1.807, 2.05) is 0 Å². The number of aliphatic hydroxyl groups excluding tert-OH is 1. The van der Waals surface area contributed by atoms with Crippen LogP contribution in [0.3, 0.4) is 0 Å². The second-order valence-corrected chi connectivity index (χ2v) is 7.09. The number of nitrogens with one attached hydrogen (secondary N) is 1. The summed E-state index contributed by atoms with van der Waals surface area (Å²) in [6, 6.07) is 0.492. The van der Waals surface area contributed by atoms with E-state index in [9.17, 15) is 5.11 Å². The van der Waals surface area contributed by atoms with Gasteiger partial charge in [-0.25, -0.2) is 0 Å². The third-order valence-corrected chi connectivity index (χ3v) is 4.92. The number of nitrogens with zero attached hydrogens (tertiary/aromatic N) is 1. The maximum Gasteiger partial charge on any atom is 0.188 e. The van der Waals surface area contributed by atoms with Crippen molar-refractivity contribution in [1.29, 1.82) is 0 Å². The second-order valence-electron chi connectivity index (χ2n) is 7.09. The first kappa shape index (κ1) is 15.6. The van der Waals surface area contributed by atoms with E-state index in [-0.39, 0.29) is 11.5 Å². The highest BCUT2D eigenvalue weighted by Crippen LogP contribution is 2.50. The molecule has 20 heavy (non-hydrogen) atoms. The minimum atomic E-state index is -0.253. The summed E-state index contributed by atoms with van der Waals surface area (Å²) < 4.78 is 0. The van der Waals surface area contributed by atoms with E-state index in [1.54, 1.807) is 0 Å². The summed E-state index contributed by atoms with van der Waals surface area (Å²) in [5, 5.41) is 13.6. The van der Waals surface area contributed by atoms with Crippen LogP contribution in [0.2, 0.25) is 0 Å². The Labute approximate surface area is 123 Å². The monoisotopic (exact) mass is 281 g/mol. The van der Waals surface area contributed by atoms with E-state index in [4.69, 9.17) is 5.73 Å². The third kappa shape index (κ3) is 4.11. The molecule has 0 heterocycles. The standard InChI is InChI=1S/C16H31N3O/c1-12(2)14(20)16(9-10-16)11-18-15(17)19-13-7-5-3-4-6-8-13/h12-14,20H,3-11H2,1-2H3,(H3,17,18,19). The highest BCUT2D eigenvalue weighted by atomic mass is 16.3. The minimum Gasteiger partial charge on any atom is -0.392 e. The Morgan fingerprint density at radius 3 is 2.35 bits per heavy atom. The van der Waals surface area contributed by atoms with Crippen molar-refractivity contribution < 1.29 is 5.11 Å². The van der Waals surface area contributed by atoms with Crippen LogP contribution in [-0.2, 0) is 0 Å². The fourth-order valence-electron chi connectivity index (χ4n) is 3.34. The normalized spacial score (nSPS) is 25.3. The molecule has 2 aliphatic carbocycles. The molecular formula is C16H31N3O. The predicted molar refractivity (Wildman–Crippen MR) is 83.6 cm³/mol. The minimum absolute atomic E-state index is 0.00389. The lowest BCUT2D eigenvalue weighted by molar-refractivity contribution is 0.0549. The molecule has 116 valence electrons. The van der Waals surface area contributed by atoms with Crippen molar-refractivity contribution in [3.05, 3.63) is 0 Å². The van der Waals surface area contributed by atoms with Gasteiger partial charge in [-0.2, -0.15) is 0 Å². The van der Waals surface area contributed by atoms with Crippen LogP contribution in [0, 0.1) is 11.3 Å². The SMILES string of the molecule is CC(C)C(O)C1(CN=C(N)NC2CCCCCC2)CC1. The van der Waals surface area contributed by atoms with Crippen molar-refractivity contribution in [1.82, 2.24) is 5.32 Å². The molecule has 0 aliphatic heterocycles. The Bertz CT molecular complexity index is 329. The van der Waals surface area contributed by atoms with Crippen LogP contribution in [0.4, 0.5) is 0 Å². The van der Waals surface area contributed by atoms with Crippen LogP contribution in [-0.4, -0.2) is 29.8 Å². The van der Waals surface area contributed by atoms with Gasteiger partial charge in [0.15, 0.2) is 5.96 Å². The van der Waals surface area contributed by atoms with Crippen molar-refractivity contribution in [2.24, 2.45) is 22.1 Å². The van der Waals surface area contributed by atoms with Crippen molar-refractivity contribution in [3.63, 3.8) is 0 Å². The van der Waals surface area contributed by atoms with Crippen molar-refractivity contribution >= 4 is 5.96 Å². The maximum atomic E-state index is 10.3. The van der Waals surface area contributed by atoms with Gasteiger partial charge in [-0.15, -0.1) is 0 Å². The Hall–Kier alpha value is -0.770. The van der Waals surface area contributed by atoms with Gasteiger partial charge in [0.2, 0.25) is 0 Å². The zero-order valence-electron chi connectivity index (χ0n) is 13.1. The first-order valence-electron chi connectivity index (χ1n) is 8.28. The summed E-state index contributed by atoms with van der Waals surface area (Å²) in [7, 11) is 0. The molecule has 4 nitrogen and oxygen atoms in total. The molecule has 2 saturated carbocycles. The number of rotatable bonds is 5. The van der Waals surface area contributed by atoms with Gasteiger partial charge < -0.3 is 16.2 Å². The Balaban J connectivity index is 1.81. The molecule has 0 aromatic carbocycles. The predicted octanol–water partition coefficient (Wildman–Crippen LogP) is 2.41. The molecule has 0 aromatic rings. The second kappa shape index (κ2) is 6.79. The summed E-state index contributed by atoms with van der Waals surface area (Å²) in [6.45, 7) is 4.81. The number of aliphatic hydroxyl groups is 1. The Morgan fingerprint density at radius 2 is 1.85 bits per heavy atom. The number of nitrogens with two attached hydrogens (primary N) is 1. The largest absolute Gasteiger partial charge is 0.392 e. The highest BCUT2D eigenvalue weighted by molar-refractivity contribution is 5.78. The molecular weight excluding hydrogens is 250 g/mol. The van der Waals surface area contributed by atoms with Crippen LogP contribution in [0.15, 0.2) is 4.99 Å². The van der Waals surface area contributed by atoms with Gasteiger partial charge in [0.05, 0.1) is 12.6 Å². The molecule has 0 spiro atoms. The molecule has 0 saturated heterocycles. The first-order chi connectivity index (χ1) is 9.53. The Morgan fingerprint density at radius 1 is 1.25 bits per heavy atom. The molecule has 4 N–H and O–H groups in total. The van der Waals surface area contributed by atoms with Crippen LogP contribution in [0.5, 0.6) is 0 Å². The van der Waals surface area contributed by atoms with E-state index in [0.29, 0.717) is 24.5 Å². The quantitative estimate of drug-likeness (QED) is 0.412. The molecule has 0 aromatic heterocycles. The topological polar surface area (TPSA) is 70.6 Å². The van der Waals surface area contributed by atoms with Crippen molar-refractivity contribution in [2.45, 2.75) is 77.4 Å². The molecule has 2 rings (SSSR count). The van der Waals surface area contributed by atoms with Crippen LogP contribution in [0.1, 0.15) is 65.2 Å². The molecule has 4 heteroatoms. The van der Waals surface area contributed by atoms with Crippen molar-refractivity contribution in [3.8, 4) is 0 Å². The smallest absolute Gasteiger partial charge is 0.188 e. The van der Waals surface area contributed by atoms with Crippen LogP contribution >= 0.6 is 0 Å². The van der Waals surface area contributed by atoms with Crippen LogP contribution in [0.25, 0.3) is 0 Å². The fourth-order valence-corrected chi connectivity index (χ4v) is 3.34. The van der Waals surface area contributed by atoms with Gasteiger partial charge in [0, 0.05) is 11.5 Å². The van der Waals surface area contributed by atoms with Gasteiger partial charge >= 0.3 is 0 Å². The average molecular weight is 281 g/mol. The number of hydrogen-bond acceptors (Lipinski definition) is 2. The highest BCUT2D eigenvalue weighted by Gasteiger charge is 2.49. The molecule has 0 bridgehead atoms. The van der Waals surface area contributed by atoms with Gasteiger partial charge in [-0.05, 0) is 31.6 Å².